The highest BCUT2D eigenvalue weighted by atomic mass is 16.6. The van der Waals surface area contributed by atoms with Gasteiger partial charge in [0.2, 0.25) is 5.69 Å². The third-order valence-corrected chi connectivity index (χ3v) is 2.44. The van der Waals surface area contributed by atoms with E-state index in [0.29, 0.717) is 18.3 Å². The molecule has 0 aromatic carbocycles. The van der Waals surface area contributed by atoms with Crippen LogP contribution in [0.3, 0.4) is 0 Å². The summed E-state index contributed by atoms with van der Waals surface area (Å²) < 4.78 is 6.26. The molecule has 1 heterocycles. The van der Waals surface area contributed by atoms with Crippen LogP contribution in [0, 0.1) is 0 Å². The third kappa shape index (κ3) is 2.92. The zero-order chi connectivity index (χ0) is 11.4. The second-order valence-electron chi connectivity index (χ2n) is 4.04. The molecule has 0 saturated carbocycles. The summed E-state index contributed by atoms with van der Waals surface area (Å²) in [6, 6.07) is 0.532. The van der Waals surface area contributed by atoms with Gasteiger partial charge in [0.25, 0.3) is 0 Å². The Morgan fingerprint density at radius 3 is 2.67 bits per heavy atom. The van der Waals surface area contributed by atoms with Gasteiger partial charge in [-0.2, -0.15) is 0 Å². The predicted octanol–water partition coefficient (Wildman–Crippen LogP) is 0.505. The van der Waals surface area contributed by atoms with Gasteiger partial charge < -0.3 is 14.9 Å². The Hall–Kier alpha value is -1.10. The smallest absolute Gasteiger partial charge is 0.247 e. The van der Waals surface area contributed by atoms with Crippen LogP contribution < -0.4 is 15.1 Å². The van der Waals surface area contributed by atoms with Crippen molar-refractivity contribution in [1.29, 1.82) is 0 Å². The largest absolute Gasteiger partial charge is 0.539 e. The highest BCUT2D eigenvalue weighted by Gasteiger charge is 2.20. The lowest BCUT2D eigenvalue weighted by molar-refractivity contribution is -0.785. The molecule has 0 aliphatic carbocycles. The molecule has 5 heteroatoms. The Kier molecular flexibility index (Phi) is 4.08. The Labute approximate surface area is 90.1 Å². The summed E-state index contributed by atoms with van der Waals surface area (Å²) in [5.74, 6) is -0.348. The van der Waals surface area contributed by atoms with E-state index < -0.39 is 0 Å². The van der Waals surface area contributed by atoms with Crippen LogP contribution >= 0.6 is 0 Å². The SMILES string of the molecule is CCC(C)NCc1c([O-])on[n+]1C(C)C. The fourth-order valence-electron chi connectivity index (χ4n) is 1.25. The Morgan fingerprint density at radius 2 is 2.13 bits per heavy atom. The van der Waals surface area contributed by atoms with Crippen LogP contribution in [-0.2, 0) is 6.54 Å². The fourth-order valence-corrected chi connectivity index (χ4v) is 1.25. The van der Waals surface area contributed by atoms with Gasteiger partial charge in [-0.05, 0) is 27.2 Å². The normalized spacial score (nSPS) is 13.4. The van der Waals surface area contributed by atoms with E-state index in [9.17, 15) is 5.11 Å². The summed E-state index contributed by atoms with van der Waals surface area (Å²) in [6.07, 6.45) is 1.03. The highest BCUT2D eigenvalue weighted by Crippen LogP contribution is 2.09. The number of nitrogens with one attached hydrogen (secondary N) is 1. The molecular formula is C10H19N3O2. The molecule has 0 aliphatic rings. The Bertz CT molecular complexity index is 310. The van der Waals surface area contributed by atoms with Crippen molar-refractivity contribution < 1.29 is 14.3 Å². The zero-order valence-electron chi connectivity index (χ0n) is 9.78. The van der Waals surface area contributed by atoms with Crippen LogP contribution in [0.5, 0.6) is 5.95 Å². The van der Waals surface area contributed by atoms with E-state index in [0.717, 1.165) is 6.42 Å². The van der Waals surface area contributed by atoms with Crippen molar-refractivity contribution >= 4 is 0 Å². The average Bonchev–Trinajstić information content (AvgIpc) is 2.56. The molecule has 15 heavy (non-hydrogen) atoms. The van der Waals surface area contributed by atoms with Crippen molar-refractivity contribution in [3.8, 4) is 5.95 Å². The van der Waals surface area contributed by atoms with E-state index in [1.807, 2.05) is 13.8 Å². The maximum atomic E-state index is 11.4. The van der Waals surface area contributed by atoms with Crippen LogP contribution in [0.15, 0.2) is 4.52 Å². The molecule has 0 saturated heterocycles. The van der Waals surface area contributed by atoms with Gasteiger partial charge >= 0.3 is 0 Å². The van der Waals surface area contributed by atoms with E-state index in [-0.39, 0.29) is 12.0 Å². The van der Waals surface area contributed by atoms with Crippen molar-refractivity contribution in [2.75, 3.05) is 0 Å². The van der Waals surface area contributed by atoms with Gasteiger partial charge in [-0.25, -0.2) is 0 Å². The van der Waals surface area contributed by atoms with Crippen LogP contribution in [-0.4, -0.2) is 11.3 Å². The standard InChI is InChI=1S/C10H19N3O2/c1-5-8(4)11-6-9-10(14)15-12-13(9)7(2)3/h7-8,11H,5-6H2,1-4H3. The Balaban J connectivity index is 2.70. The first kappa shape index (κ1) is 12.0. The third-order valence-electron chi connectivity index (χ3n) is 2.44. The van der Waals surface area contributed by atoms with Crippen molar-refractivity contribution in [1.82, 2.24) is 10.6 Å². The van der Waals surface area contributed by atoms with Gasteiger partial charge in [-0.1, -0.05) is 11.6 Å². The molecule has 1 N–H and O–H groups in total. The summed E-state index contributed by atoms with van der Waals surface area (Å²) in [5, 5.41) is 18.3. The molecule has 0 aliphatic heterocycles. The van der Waals surface area contributed by atoms with E-state index >= 15 is 0 Å². The number of nitrogens with zero attached hydrogens (tertiary/aromatic N) is 2. The number of hydrogen-bond acceptors (Lipinski definition) is 4. The lowest BCUT2D eigenvalue weighted by Crippen LogP contribution is -2.44. The molecule has 1 aromatic heterocycles. The molecule has 5 nitrogen and oxygen atoms in total. The topological polar surface area (TPSA) is 65.0 Å². The van der Waals surface area contributed by atoms with Crippen molar-refractivity contribution in [2.45, 2.75) is 52.7 Å². The van der Waals surface area contributed by atoms with E-state index in [4.69, 9.17) is 0 Å². The molecule has 1 atom stereocenters. The zero-order valence-corrected chi connectivity index (χ0v) is 9.78. The molecule has 0 spiro atoms. The average molecular weight is 213 g/mol. The molecule has 0 amide bonds. The van der Waals surface area contributed by atoms with Gasteiger partial charge in [-0.3, -0.25) is 0 Å². The first-order valence-corrected chi connectivity index (χ1v) is 5.37. The summed E-state index contributed by atoms with van der Waals surface area (Å²) in [5.41, 5.74) is 0.588. The molecular weight excluding hydrogens is 194 g/mol. The minimum atomic E-state index is -0.348. The van der Waals surface area contributed by atoms with Crippen LogP contribution in [0.4, 0.5) is 0 Å². The van der Waals surface area contributed by atoms with E-state index in [1.165, 1.54) is 0 Å². The summed E-state index contributed by atoms with van der Waals surface area (Å²) in [7, 11) is 0. The molecule has 0 fully saturated rings. The first-order valence-electron chi connectivity index (χ1n) is 5.37. The van der Waals surface area contributed by atoms with Gasteiger partial charge in [-0.15, -0.1) is 0 Å². The quantitative estimate of drug-likeness (QED) is 0.724. The minimum absolute atomic E-state index is 0.144. The summed E-state index contributed by atoms with van der Waals surface area (Å²) in [6.45, 7) is 8.62. The monoisotopic (exact) mass is 213 g/mol. The van der Waals surface area contributed by atoms with Gasteiger partial charge in [0.15, 0.2) is 12.0 Å². The van der Waals surface area contributed by atoms with Crippen LogP contribution in [0.25, 0.3) is 0 Å². The van der Waals surface area contributed by atoms with E-state index in [2.05, 4.69) is 29.0 Å². The van der Waals surface area contributed by atoms with Crippen LogP contribution in [0.2, 0.25) is 0 Å². The Morgan fingerprint density at radius 1 is 1.47 bits per heavy atom. The predicted molar refractivity (Wildman–Crippen MR) is 53.1 cm³/mol. The lowest BCUT2D eigenvalue weighted by atomic mass is 10.2. The van der Waals surface area contributed by atoms with Crippen molar-refractivity contribution in [3.63, 3.8) is 0 Å². The highest BCUT2D eigenvalue weighted by molar-refractivity contribution is 5.02. The van der Waals surface area contributed by atoms with E-state index in [1.54, 1.807) is 4.68 Å². The lowest BCUT2D eigenvalue weighted by Gasteiger charge is -2.09. The number of hydrogen-bond donors (Lipinski definition) is 1. The second kappa shape index (κ2) is 5.11. The second-order valence-corrected chi connectivity index (χ2v) is 4.04. The van der Waals surface area contributed by atoms with Crippen molar-refractivity contribution in [2.24, 2.45) is 0 Å². The molecule has 1 rings (SSSR count). The minimum Gasteiger partial charge on any atom is -0.539 e. The molecule has 86 valence electrons. The summed E-state index contributed by atoms with van der Waals surface area (Å²) in [4.78, 5) is 0. The number of aromatic nitrogens is 2. The van der Waals surface area contributed by atoms with Crippen LogP contribution in [0.1, 0.15) is 45.9 Å². The molecule has 0 radical (unpaired) electrons. The fraction of sp³-hybridized carbons (Fsp3) is 0.800. The van der Waals surface area contributed by atoms with Crippen molar-refractivity contribution in [3.05, 3.63) is 5.69 Å². The van der Waals surface area contributed by atoms with Gasteiger partial charge in [0.05, 0.1) is 11.8 Å². The maximum Gasteiger partial charge on any atom is 0.247 e. The van der Waals surface area contributed by atoms with Gasteiger partial charge in [0, 0.05) is 6.04 Å². The summed E-state index contributed by atoms with van der Waals surface area (Å²) >= 11 is 0. The molecule has 1 unspecified atom stereocenters. The molecule has 0 bridgehead atoms. The maximum absolute atomic E-state index is 11.4. The number of rotatable bonds is 5. The molecule has 1 aromatic rings. The van der Waals surface area contributed by atoms with Gasteiger partial charge in [0.1, 0.15) is 0 Å². The first-order chi connectivity index (χ1) is 7.06.